The third kappa shape index (κ3) is 4.70. The molecule has 0 atom stereocenters. The fraction of sp³-hybridized carbons (Fsp3) is 0.0833. The first-order valence-corrected chi connectivity index (χ1v) is 10.6. The van der Waals surface area contributed by atoms with E-state index in [4.69, 9.17) is 16.3 Å². The molecule has 0 aliphatic carbocycles. The molecule has 4 nitrogen and oxygen atoms in total. The number of rotatable bonds is 6. The van der Waals surface area contributed by atoms with Crippen molar-refractivity contribution in [1.29, 1.82) is 0 Å². The van der Waals surface area contributed by atoms with Crippen molar-refractivity contribution in [3.63, 3.8) is 0 Å². The Labute approximate surface area is 184 Å². The zero-order valence-electron chi connectivity index (χ0n) is 16.3. The first-order valence-electron chi connectivity index (χ1n) is 9.42. The SMILES string of the molecule is Cc1nc(-c2ccccc2Cl)sc1CNC(=O)c1ccc(Oc2ccccc2)cc1. The molecule has 0 saturated heterocycles. The van der Waals surface area contributed by atoms with Gasteiger partial charge in [-0.3, -0.25) is 4.79 Å². The molecule has 4 aromatic rings. The van der Waals surface area contributed by atoms with E-state index in [1.165, 1.54) is 11.3 Å². The monoisotopic (exact) mass is 434 g/mol. The van der Waals surface area contributed by atoms with Crippen LogP contribution in [0.4, 0.5) is 0 Å². The van der Waals surface area contributed by atoms with Gasteiger partial charge in [0.05, 0.1) is 17.3 Å². The van der Waals surface area contributed by atoms with E-state index in [0.717, 1.165) is 26.9 Å². The van der Waals surface area contributed by atoms with Crippen LogP contribution in [-0.2, 0) is 6.54 Å². The summed E-state index contributed by atoms with van der Waals surface area (Å²) in [4.78, 5) is 18.2. The summed E-state index contributed by atoms with van der Waals surface area (Å²) in [5.74, 6) is 1.29. The first-order chi connectivity index (χ1) is 14.6. The van der Waals surface area contributed by atoms with Gasteiger partial charge in [0, 0.05) is 16.0 Å². The van der Waals surface area contributed by atoms with Gasteiger partial charge in [-0.2, -0.15) is 0 Å². The van der Waals surface area contributed by atoms with E-state index >= 15 is 0 Å². The number of aromatic nitrogens is 1. The van der Waals surface area contributed by atoms with Crippen LogP contribution in [-0.4, -0.2) is 10.9 Å². The maximum absolute atomic E-state index is 12.5. The van der Waals surface area contributed by atoms with E-state index in [1.807, 2.05) is 61.5 Å². The molecule has 1 aromatic heterocycles. The lowest BCUT2D eigenvalue weighted by atomic mass is 10.2. The average molecular weight is 435 g/mol. The van der Waals surface area contributed by atoms with Crippen molar-refractivity contribution in [3.05, 3.63) is 100 Å². The Bertz CT molecular complexity index is 1160. The van der Waals surface area contributed by atoms with Crippen LogP contribution in [0.15, 0.2) is 78.9 Å². The van der Waals surface area contributed by atoms with Gasteiger partial charge in [-0.1, -0.05) is 48.0 Å². The van der Waals surface area contributed by atoms with E-state index in [0.29, 0.717) is 22.9 Å². The quantitative estimate of drug-likeness (QED) is 0.377. The van der Waals surface area contributed by atoms with Gasteiger partial charge in [-0.15, -0.1) is 11.3 Å². The Morgan fingerprint density at radius 2 is 1.63 bits per heavy atom. The summed E-state index contributed by atoms with van der Waals surface area (Å²) in [5.41, 5.74) is 2.37. The number of thiazole rings is 1. The van der Waals surface area contributed by atoms with Gasteiger partial charge >= 0.3 is 0 Å². The molecule has 0 aliphatic heterocycles. The van der Waals surface area contributed by atoms with Gasteiger partial charge in [0.15, 0.2) is 0 Å². The predicted octanol–water partition coefficient (Wildman–Crippen LogP) is 6.49. The fourth-order valence-electron chi connectivity index (χ4n) is 2.90. The van der Waals surface area contributed by atoms with Gasteiger partial charge in [0.1, 0.15) is 16.5 Å². The lowest BCUT2D eigenvalue weighted by molar-refractivity contribution is 0.0951. The van der Waals surface area contributed by atoms with Crippen molar-refractivity contribution in [2.45, 2.75) is 13.5 Å². The molecule has 1 amide bonds. The van der Waals surface area contributed by atoms with Crippen LogP contribution in [0.1, 0.15) is 20.9 Å². The van der Waals surface area contributed by atoms with Crippen molar-refractivity contribution >= 4 is 28.8 Å². The number of benzene rings is 3. The molecule has 0 bridgehead atoms. The standard InChI is InChI=1S/C24H19ClN2O2S/c1-16-22(30-24(27-16)20-9-5-6-10-21(20)25)15-26-23(28)17-11-13-19(14-12-17)29-18-7-3-2-4-8-18/h2-14H,15H2,1H3,(H,26,28). The minimum atomic E-state index is -0.145. The molecule has 4 rings (SSSR count). The van der Waals surface area contributed by atoms with E-state index < -0.39 is 0 Å². The smallest absolute Gasteiger partial charge is 0.251 e. The maximum Gasteiger partial charge on any atom is 0.251 e. The minimum Gasteiger partial charge on any atom is -0.457 e. The highest BCUT2D eigenvalue weighted by Gasteiger charge is 2.13. The van der Waals surface area contributed by atoms with E-state index in [9.17, 15) is 4.79 Å². The van der Waals surface area contributed by atoms with Crippen LogP contribution >= 0.6 is 22.9 Å². The number of hydrogen-bond acceptors (Lipinski definition) is 4. The molecule has 0 aliphatic rings. The topological polar surface area (TPSA) is 51.2 Å². The molecule has 0 spiro atoms. The summed E-state index contributed by atoms with van der Waals surface area (Å²) in [5, 5.41) is 4.48. The zero-order chi connectivity index (χ0) is 20.9. The highest BCUT2D eigenvalue weighted by molar-refractivity contribution is 7.15. The van der Waals surface area contributed by atoms with Crippen molar-refractivity contribution < 1.29 is 9.53 Å². The summed E-state index contributed by atoms with van der Waals surface area (Å²) in [7, 11) is 0. The van der Waals surface area contributed by atoms with Gasteiger partial charge in [0.25, 0.3) is 5.91 Å². The molecular weight excluding hydrogens is 416 g/mol. The molecule has 0 radical (unpaired) electrons. The number of carbonyl (C=O) groups excluding carboxylic acids is 1. The van der Waals surface area contributed by atoms with Crippen molar-refractivity contribution in [1.82, 2.24) is 10.3 Å². The fourth-order valence-corrected chi connectivity index (χ4v) is 4.23. The third-order valence-electron chi connectivity index (χ3n) is 4.50. The molecule has 6 heteroatoms. The largest absolute Gasteiger partial charge is 0.457 e. The Hall–Kier alpha value is -3.15. The molecule has 1 heterocycles. The second-order valence-electron chi connectivity index (χ2n) is 6.63. The Kier molecular flexibility index (Phi) is 6.12. The second-order valence-corrected chi connectivity index (χ2v) is 8.12. The Morgan fingerprint density at radius 1 is 0.967 bits per heavy atom. The van der Waals surface area contributed by atoms with E-state index in [-0.39, 0.29) is 5.91 Å². The highest BCUT2D eigenvalue weighted by atomic mass is 35.5. The maximum atomic E-state index is 12.5. The summed E-state index contributed by atoms with van der Waals surface area (Å²) < 4.78 is 5.76. The predicted molar refractivity (Wildman–Crippen MR) is 121 cm³/mol. The summed E-state index contributed by atoms with van der Waals surface area (Å²) in [6.07, 6.45) is 0. The number of hydrogen-bond donors (Lipinski definition) is 1. The summed E-state index contributed by atoms with van der Waals surface area (Å²) in [6, 6.07) is 24.2. The minimum absolute atomic E-state index is 0.145. The van der Waals surface area contributed by atoms with Crippen LogP contribution in [0.5, 0.6) is 11.5 Å². The Morgan fingerprint density at radius 3 is 2.37 bits per heavy atom. The van der Waals surface area contributed by atoms with Gasteiger partial charge in [-0.05, 0) is 49.4 Å². The van der Waals surface area contributed by atoms with Crippen molar-refractivity contribution in [2.24, 2.45) is 0 Å². The highest BCUT2D eigenvalue weighted by Crippen LogP contribution is 2.32. The van der Waals surface area contributed by atoms with Crippen molar-refractivity contribution in [3.8, 4) is 22.1 Å². The normalized spacial score (nSPS) is 10.6. The van der Waals surface area contributed by atoms with Crippen LogP contribution in [0, 0.1) is 6.92 Å². The lowest BCUT2D eigenvalue weighted by Crippen LogP contribution is -2.22. The van der Waals surface area contributed by atoms with Crippen molar-refractivity contribution in [2.75, 3.05) is 0 Å². The average Bonchev–Trinajstić information content (AvgIpc) is 3.14. The number of para-hydroxylation sites is 1. The molecule has 0 unspecified atom stereocenters. The molecule has 1 N–H and O–H groups in total. The summed E-state index contributed by atoms with van der Waals surface area (Å²) >= 11 is 7.82. The van der Waals surface area contributed by atoms with Crippen LogP contribution < -0.4 is 10.1 Å². The number of nitrogens with one attached hydrogen (secondary N) is 1. The lowest BCUT2D eigenvalue weighted by Gasteiger charge is -2.07. The van der Waals surface area contributed by atoms with Crippen LogP contribution in [0.2, 0.25) is 5.02 Å². The molecule has 150 valence electrons. The Balaban J connectivity index is 1.39. The van der Waals surface area contributed by atoms with Crippen LogP contribution in [0.25, 0.3) is 10.6 Å². The second kappa shape index (κ2) is 9.11. The van der Waals surface area contributed by atoms with E-state index in [1.54, 1.807) is 24.3 Å². The van der Waals surface area contributed by atoms with Gasteiger partial charge in [-0.25, -0.2) is 4.98 Å². The van der Waals surface area contributed by atoms with Gasteiger partial charge in [0.2, 0.25) is 0 Å². The van der Waals surface area contributed by atoms with E-state index in [2.05, 4.69) is 10.3 Å². The molecule has 0 saturated carbocycles. The number of ether oxygens (including phenoxy) is 1. The summed E-state index contributed by atoms with van der Waals surface area (Å²) in [6.45, 7) is 2.35. The number of halogens is 1. The number of amides is 1. The first kappa shape index (κ1) is 20.1. The third-order valence-corrected chi connectivity index (χ3v) is 6.02. The molecule has 30 heavy (non-hydrogen) atoms. The number of aryl methyl sites for hydroxylation is 1. The zero-order valence-corrected chi connectivity index (χ0v) is 17.8. The molecule has 0 fully saturated rings. The molecular formula is C24H19ClN2O2S. The molecule has 3 aromatic carbocycles. The van der Waals surface area contributed by atoms with Gasteiger partial charge < -0.3 is 10.1 Å². The van der Waals surface area contributed by atoms with Crippen LogP contribution in [0.3, 0.4) is 0 Å². The number of nitrogens with zero attached hydrogens (tertiary/aromatic N) is 1. The number of carbonyl (C=O) groups is 1.